The number of nitrogens with one attached hydrogen (secondary N) is 1. The average Bonchev–Trinajstić information content (AvgIpc) is 2.42. The first-order valence-corrected chi connectivity index (χ1v) is 6.37. The number of hydrogen-bond donors (Lipinski definition) is 5. The topological polar surface area (TPSA) is 133 Å². The van der Waals surface area contributed by atoms with Gasteiger partial charge in [-0.15, -0.1) is 0 Å². The number of rotatable bonds is 2. The van der Waals surface area contributed by atoms with Crippen LogP contribution in [0.1, 0.15) is 33.6 Å². The summed E-state index contributed by atoms with van der Waals surface area (Å²) in [7, 11) is 0. The van der Waals surface area contributed by atoms with Crippen molar-refractivity contribution in [2.45, 2.75) is 39.7 Å². The molecule has 1 aliphatic rings. The molecule has 0 unspecified atom stereocenters. The van der Waals surface area contributed by atoms with Crippen molar-refractivity contribution in [3.8, 4) is 0 Å². The number of carbonyl (C=O) groups is 2. The van der Waals surface area contributed by atoms with E-state index in [4.69, 9.17) is 25.8 Å². The lowest BCUT2D eigenvalue weighted by Crippen LogP contribution is -2.33. The molecule has 116 valence electrons. The van der Waals surface area contributed by atoms with Gasteiger partial charge in [0.2, 0.25) is 0 Å². The second-order valence-corrected chi connectivity index (χ2v) is 3.68. The van der Waals surface area contributed by atoms with Gasteiger partial charge in [-0.3, -0.25) is 9.59 Å². The van der Waals surface area contributed by atoms with Crippen molar-refractivity contribution >= 4 is 12.4 Å². The second kappa shape index (κ2) is 19.2. The number of carboxylic acids is 1. The molecule has 0 aliphatic carbocycles. The summed E-state index contributed by atoms with van der Waals surface area (Å²) >= 11 is 0. The Kier molecular flexibility index (Phi) is 23.2. The van der Waals surface area contributed by atoms with Gasteiger partial charge in [0.1, 0.15) is 6.04 Å². The van der Waals surface area contributed by atoms with E-state index in [-0.39, 0.29) is 6.47 Å². The van der Waals surface area contributed by atoms with Crippen LogP contribution >= 0.6 is 0 Å². The molecule has 1 rings (SSSR count). The van der Waals surface area contributed by atoms with Gasteiger partial charge in [0.25, 0.3) is 6.47 Å². The molecule has 1 aliphatic heterocycles. The van der Waals surface area contributed by atoms with Crippen molar-refractivity contribution in [2.24, 2.45) is 11.7 Å². The maximum atomic E-state index is 9.65. The number of aliphatic carboxylic acids is 1. The molecule has 1 fully saturated rings. The second-order valence-electron chi connectivity index (χ2n) is 3.68. The Balaban J connectivity index is -0.000000203. The fourth-order valence-electron chi connectivity index (χ4n) is 1.10. The van der Waals surface area contributed by atoms with E-state index in [9.17, 15) is 4.79 Å². The predicted octanol–water partition coefficient (Wildman–Crippen LogP) is 0.124. The minimum atomic E-state index is -1.18. The van der Waals surface area contributed by atoms with Gasteiger partial charge in [0.15, 0.2) is 0 Å². The van der Waals surface area contributed by atoms with Gasteiger partial charge in [0, 0.05) is 0 Å². The molecule has 2 atom stereocenters. The highest BCUT2D eigenvalue weighted by atomic mass is 16.4. The van der Waals surface area contributed by atoms with Crippen LogP contribution in [0.5, 0.6) is 0 Å². The molecule has 0 aromatic heterocycles. The molecule has 0 aromatic carbocycles. The molecule has 0 saturated carbocycles. The summed E-state index contributed by atoms with van der Waals surface area (Å²) in [6.07, 6.45) is 2.80. The molecule has 1 heterocycles. The fourth-order valence-corrected chi connectivity index (χ4v) is 1.10. The third-order valence-electron chi connectivity index (χ3n) is 2.06. The smallest absolute Gasteiger partial charge is 0.322 e. The van der Waals surface area contributed by atoms with Gasteiger partial charge >= 0.3 is 5.97 Å². The van der Waals surface area contributed by atoms with E-state index in [1.54, 1.807) is 0 Å². The zero-order valence-corrected chi connectivity index (χ0v) is 12.0. The Hall–Kier alpha value is -1.18. The SMILES string of the molecule is CC.C[C@@H]1CCCNC1.N[C@@H](CO)C(=O)O.O=CO. The summed E-state index contributed by atoms with van der Waals surface area (Å²) < 4.78 is 0. The molecule has 7 nitrogen and oxygen atoms in total. The fraction of sp³-hybridized carbons (Fsp3) is 0.833. The highest BCUT2D eigenvalue weighted by molar-refractivity contribution is 5.73. The Labute approximate surface area is 114 Å². The van der Waals surface area contributed by atoms with Gasteiger partial charge < -0.3 is 26.4 Å². The van der Waals surface area contributed by atoms with Gasteiger partial charge in [-0.1, -0.05) is 20.8 Å². The Morgan fingerprint density at radius 2 is 2.00 bits per heavy atom. The first kappa shape index (κ1) is 23.0. The zero-order valence-electron chi connectivity index (χ0n) is 12.0. The van der Waals surface area contributed by atoms with Crippen LogP contribution in [0.3, 0.4) is 0 Å². The molecule has 1 saturated heterocycles. The summed E-state index contributed by atoms with van der Waals surface area (Å²) in [5, 5.41) is 26.1. The van der Waals surface area contributed by atoms with Crippen molar-refractivity contribution in [3.63, 3.8) is 0 Å². The number of carboxylic acid groups (broad SMARTS) is 2. The largest absolute Gasteiger partial charge is 0.483 e. The molecule has 0 bridgehead atoms. The van der Waals surface area contributed by atoms with Crippen LogP contribution in [0, 0.1) is 5.92 Å². The van der Waals surface area contributed by atoms with E-state index in [0.29, 0.717) is 0 Å². The quantitative estimate of drug-likeness (QED) is 0.454. The van der Waals surface area contributed by atoms with E-state index < -0.39 is 18.6 Å². The van der Waals surface area contributed by atoms with Crippen LogP contribution < -0.4 is 11.1 Å². The van der Waals surface area contributed by atoms with E-state index in [2.05, 4.69) is 12.2 Å². The highest BCUT2D eigenvalue weighted by Gasteiger charge is 2.07. The van der Waals surface area contributed by atoms with Crippen LogP contribution in [0.25, 0.3) is 0 Å². The first-order valence-electron chi connectivity index (χ1n) is 6.37. The van der Waals surface area contributed by atoms with Gasteiger partial charge in [0.05, 0.1) is 6.61 Å². The molecule has 0 spiro atoms. The Bertz CT molecular complexity index is 197. The number of nitrogens with two attached hydrogens (primary N) is 1. The highest BCUT2D eigenvalue weighted by Crippen LogP contribution is 2.06. The van der Waals surface area contributed by atoms with Crippen molar-refractivity contribution in [2.75, 3.05) is 19.7 Å². The third-order valence-corrected chi connectivity index (χ3v) is 2.06. The normalized spacial score (nSPS) is 18.1. The first-order chi connectivity index (χ1) is 8.99. The predicted molar refractivity (Wildman–Crippen MR) is 74.0 cm³/mol. The summed E-state index contributed by atoms with van der Waals surface area (Å²) in [5.41, 5.74) is 4.77. The van der Waals surface area contributed by atoms with Crippen LogP contribution in [-0.2, 0) is 9.59 Å². The van der Waals surface area contributed by atoms with Crippen molar-refractivity contribution in [3.05, 3.63) is 0 Å². The van der Waals surface area contributed by atoms with E-state index in [1.807, 2.05) is 13.8 Å². The molecule has 0 aromatic rings. The summed E-state index contributed by atoms with van der Waals surface area (Å²) in [4.78, 5) is 18.0. The van der Waals surface area contributed by atoms with Gasteiger partial charge in [-0.25, -0.2) is 0 Å². The van der Waals surface area contributed by atoms with E-state index >= 15 is 0 Å². The summed E-state index contributed by atoms with van der Waals surface area (Å²) in [5.74, 6) is -0.253. The minimum Gasteiger partial charge on any atom is -0.483 e. The molecular formula is C12H28N2O5. The average molecular weight is 280 g/mol. The monoisotopic (exact) mass is 280 g/mol. The third kappa shape index (κ3) is 22.5. The maximum Gasteiger partial charge on any atom is 0.322 e. The molecule has 6 N–H and O–H groups in total. The summed E-state index contributed by atoms with van der Waals surface area (Å²) in [6, 6.07) is -1.13. The number of aliphatic hydroxyl groups excluding tert-OH is 1. The van der Waals surface area contributed by atoms with Crippen LogP contribution in [0.2, 0.25) is 0 Å². The lowest BCUT2D eigenvalue weighted by Gasteiger charge is -2.17. The van der Waals surface area contributed by atoms with Gasteiger partial charge in [-0.2, -0.15) is 0 Å². The number of piperidine rings is 1. The molecular weight excluding hydrogens is 252 g/mol. The van der Waals surface area contributed by atoms with Crippen molar-refractivity contribution in [1.29, 1.82) is 0 Å². The Morgan fingerprint density at radius 3 is 2.11 bits per heavy atom. The maximum absolute atomic E-state index is 9.65. The van der Waals surface area contributed by atoms with Crippen molar-refractivity contribution in [1.82, 2.24) is 5.32 Å². The Morgan fingerprint density at radius 1 is 1.53 bits per heavy atom. The zero-order chi connectivity index (χ0) is 15.7. The van der Waals surface area contributed by atoms with Crippen LogP contribution in [0.15, 0.2) is 0 Å². The summed E-state index contributed by atoms with van der Waals surface area (Å²) in [6.45, 7) is 8.02. The number of hydrogen-bond acceptors (Lipinski definition) is 5. The minimum absolute atomic E-state index is 0.250. The standard InChI is InChI=1S/C6H13N.C3H7NO3.C2H6.CH2O2/c1-6-3-2-4-7-5-6;4-2(1-5)3(6)7;1-2;2-1-3/h6-7H,2-5H2,1H3;2,5H,1,4H2,(H,6,7);1-2H3;1H,(H,2,3)/t6-;2-;;/m10../s1. The van der Waals surface area contributed by atoms with E-state index in [1.165, 1.54) is 25.9 Å². The lowest BCUT2D eigenvalue weighted by molar-refractivity contribution is -0.139. The molecule has 7 heteroatoms. The molecule has 0 amide bonds. The van der Waals surface area contributed by atoms with Crippen LogP contribution in [-0.4, -0.2) is 53.5 Å². The van der Waals surface area contributed by atoms with Crippen LogP contribution in [0.4, 0.5) is 0 Å². The molecule has 19 heavy (non-hydrogen) atoms. The molecule has 0 radical (unpaired) electrons. The van der Waals surface area contributed by atoms with Gasteiger partial charge in [-0.05, 0) is 31.8 Å². The van der Waals surface area contributed by atoms with Crippen molar-refractivity contribution < 1.29 is 24.9 Å². The van der Waals surface area contributed by atoms with E-state index in [0.717, 1.165) is 5.92 Å². The lowest BCUT2D eigenvalue weighted by atomic mass is 10.0. The number of aliphatic hydroxyl groups is 1.